The van der Waals surface area contributed by atoms with Gasteiger partial charge in [-0.2, -0.15) is 0 Å². The molecule has 0 spiro atoms. The molecule has 0 aliphatic carbocycles. The van der Waals surface area contributed by atoms with Crippen LogP contribution in [0.3, 0.4) is 0 Å². The van der Waals surface area contributed by atoms with Gasteiger partial charge in [0.1, 0.15) is 0 Å². The zero-order valence-corrected chi connectivity index (χ0v) is 8.74. The van der Waals surface area contributed by atoms with Crippen molar-refractivity contribution in [1.82, 2.24) is 9.66 Å². The van der Waals surface area contributed by atoms with E-state index in [1.807, 2.05) is 47.4 Å². The van der Waals surface area contributed by atoms with E-state index in [0.29, 0.717) is 0 Å². The van der Waals surface area contributed by atoms with Crippen molar-refractivity contribution in [3.8, 4) is 0 Å². The third-order valence-corrected chi connectivity index (χ3v) is 3.06. The van der Waals surface area contributed by atoms with E-state index in [1.165, 1.54) is 4.70 Å². The molecule has 1 aromatic carbocycles. The Hall–Kier alpha value is -1.81. The molecule has 0 aliphatic rings. The van der Waals surface area contributed by atoms with Crippen molar-refractivity contribution in [1.29, 1.82) is 0 Å². The van der Waals surface area contributed by atoms with Crippen molar-refractivity contribution < 1.29 is 0 Å². The minimum absolute atomic E-state index is 0.910. The zero-order valence-electron chi connectivity index (χ0n) is 7.92. The maximum absolute atomic E-state index is 4.47. The third kappa shape index (κ3) is 1.59. The first-order chi connectivity index (χ1) is 7.42. The molecule has 0 bridgehead atoms. The van der Waals surface area contributed by atoms with Crippen LogP contribution in [0.25, 0.3) is 10.2 Å². The molecule has 3 nitrogen and oxygen atoms in total. The Morgan fingerprint density at radius 1 is 1.07 bits per heavy atom. The lowest BCUT2D eigenvalue weighted by Crippen LogP contribution is -2.04. The van der Waals surface area contributed by atoms with E-state index in [1.54, 1.807) is 11.3 Å². The number of fused-ring (bicyclic) bond motifs is 1. The van der Waals surface area contributed by atoms with Crippen LogP contribution in [0, 0.1) is 0 Å². The van der Waals surface area contributed by atoms with Gasteiger partial charge in [0, 0.05) is 12.4 Å². The second-order valence-corrected chi connectivity index (χ2v) is 4.22. The Labute approximate surface area is 91.0 Å². The van der Waals surface area contributed by atoms with Crippen LogP contribution in [0.4, 0.5) is 5.13 Å². The second kappa shape index (κ2) is 3.40. The predicted molar refractivity (Wildman–Crippen MR) is 63.1 cm³/mol. The highest BCUT2D eigenvalue weighted by Gasteiger charge is 2.01. The number of para-hydroxylation sites is 1. The molecule has 15 heavy (non-hydrogen) atoms. The van der Waals surface area contributed by atoms with Crippen LogP contribution in [0.15, 0.2) is 48.8 Å². The molecule has 1 N–H and O–H groups in total. The van der Waals surface area contributed by atoms with Crippen LogP contribution >= 0.6 is 11.3 Å². The van der Waals surface area contributed by atoms with E-state index in [9.17, 15) is 0 Å². The van der Waals surface area contributed by atoms with Gasteiger partial charge in [-0.15, -0.1) is 0 Å². The number of hydrogen-bond acceptors (Lipinski definition) is 3. The standard InChI is InChI=1S/C11H9N3S/c1-2-6-10-9(5-1)12-11(15-10)13-14-7-3-4-8-14/h1-8H,(H,12,13). The Balaban J connectivity index is 1.98. The number of aromatic nitrogens is 2. The van der Waals surface area contributed by atoms with Gasteiger partial charge >= 0.3 is 0 Å². The van der Waals surface area contributed by atoms with Gasteiger partial charge in [0.05, 0.1) is 10.2 Å². The van der Waals surface area contributed by atoms with Gasteiger partial charge in [-0.3, -0.25) is 10.1 Å². The summed E-state index contributed by atoms with van der Waals surface area (Å²) in [5.41, 5.74) is 4.24. The Morgan fingerprint density at radius 2 is 1.87 bits per heavy atom. The van der Waals surface area contributed by atoms with E-state index < -0.39 is 0 Å². The van der Waals surface area contributed by atoms with Gasteiger partial charge in [-0.05, 0) is 24.3 Å². The second-order valence-electron chi connectivity index (χ2n) is 3.19. The molecule has 0 atom stereocenters. The van der Waals surface area contributed by atoms with Crippen molar-refractivity contribution >= 4 is 26.7 Å². The normalized spacial score (nSPS) is 10.7. The highest BCUT2D eigenvalue weighted by atomic mass is 32.1. The molecule has 0 unspecified atom stereocenters. The molecule has 2 heterocycles. The van der Waals surface area contributed by atoms with Crippen LogP contribution in [-0.4, -0.2) is 9.66 Å². The molecule has 0 saturated heterocycles. The van der Waals surface area contributed by atoms with Crippen LogP contribution < -0.4 is 5.43 Å². The summed E-state index contributed by atoms with van der Waals surface area (Å²) >= 11 is 1.65. The van der Waals surface area contributed by atoms with Crippen LogP contribution in [0.2, 0.25) is 0 Å². The minimum Gasteiger partial charge on any atom is -0.269 e. The summed E-state index contributed by atoms with van der Waals surface area (Å²) in [7, 11) is 0. The van der Waals surface area contributed by atoms with Gasteiger partial charge in [0.25, 0.3) is 0 Å². The quantitative estimate of drug-likeness (QED) is 0.712. The minimum atomic E-state index is 0.910. The Bertz CT molecular complexity index is 535. The number of hydrogen-bond donors (Lipinski definition) is 1. The fraction of sp³-hybridized carbons (Fsp3) is 0. The molecule has 0 radical (unpaired) electrons. The first-order valence-corrected chi connectivity index (χ1v) is 5.49. The van der Waals surface area contributed by atoms with Gasteiger partial charge in [-0.1, -0.05) is 23.5 Å². The monoisotopic (exact) mass is 215 g/mol. The van der Waals surface area contributed by atoms with Crippen molar-refractivity contribution in [3.05, 3.63) is 48.8 Å². The molecule has 0 fully saturated rings. The summed E-state index contributed by atoms with van der Waals surface area (Å²) in [6, 6.07) is 12.1. The van der Waals surface area contributed by atoms with Gasteiger partial charge in [0.15, 0.2) is 0 Å². The number of nitrogens with one attached hydrogen (secondary N) is 1. The number of benzene rings is 1. The van der Waals surface area contributed by atoms with Crippen molar-refractivity contribution in [2.45, 2.75) is 0 Å². The summed E-state index contributed by atoms with van der Waals surface area (Å²) < 4.78 is 3.09. The van der Waals surface area contributed by atoms with Gasteiger partial charge < -0.3 is 0 Å². The van der Waals surface area contributed by atoms with Crippen LogP contribution in [0.5, 0.6) is 0 Å². The van der Waals surface area contributed by atoms with Crippen molar-refractivity contribution in [2.75, 3.05) is 5.43 Å². The topological polar surface area (TPSA) is 29.9 Å². The molecule has 4 heteroatoms. The number of anilines is 1. The fourth-order valence-electron chi connectivity index (χ4n) is 1.44. The molecule has 3 aromatic rings. The van der Waals surface area contributed by atoms with Gasteiger partial charge in [0.2, 0.25) is 5.13 Å². The van der Waals surface area contributed by atoms with Crippen molar-refractivity contribution in [3.63, 3.8) is 0 Å². The maximum atomic E-state index is 4.47. The van der Waals surface area contributed by atoms with Crippen LogP contribution in [-0.2, 0) is 0 Å². The number of rotatable bonds is 2. The average Bonchev–Trinajstić information content (AvgIpc) is 2.86. The largest absolute Gasteiger partial charge is 0.269 e. The molecule has 2 aromatic heterocycles. The number of thiazole rings is 1. The highest BCUT2D eigenvalue weighted by molar-refractivity contribution is 7.22. The summed E-state index contributed by atoms with van der Waals surface area (Å²) in [4.78, 5) is 4.47. The average molecular weight is 215 g/mol. The van der Waals surface area contributed by atoms with Gasteiger partial charge in [-0.25, -0.2) is 4.98 Å². The third-order valence-electron chi connectivity index (χ3n) is 2.12. The highest BCUT2D eigenvalue weighted by Crippen LogP contribution is 2.25. The molecular weight excluding hydrogens is 206 g/mol. The summed E-state index contributed by atoms with van der Waals surface area (Å²) in [5, 5.41) is 0.910. The van der Waals surface area contributed by atoms with Crippen LogP contribution in [0.1, 0.15) is 0 Å². The fourth-order valence-corrected chi connectivity index (χ4v) is 2.31. The molecule has 0 aliphatic heterocycles. The molecule has 0 amide bonds. The zero-order chi connectivity index (χ0) is 10.1. The summed E-state index contributed by atoms with van der Waals surface area (Å²) in [5.74, 6) is 0. The first kappa shape index (κ1) is 8.49. The SMILES string of the molecule is c1ccc2sc(Nn3cccc3)nc2c1. The summed E-state index contributed by atoms with van der Waals surface area (Å²) in [6.45, 7) is 0. The van der Waals surface area contributed by atoms with E-state index in [0.717, 1.165) is 10.6 Å². The van der Waals surface area contributed by atoms with E-state index in [4.69, 9.17) is 0 Å². The van der Waals surface area contributed by atoms with E-state index >= 15 is 0 Å². The Kier molecular flexibility index (Phi) is 1.93. The Morgan fingerprint density at radius 3 is 2.67 bits per heavy atom. The summed E-state index contributed by atoms with van der Waals surface area (Å²) in [6.07, 6.45) is 3.90. The lowest BCUT2D eigenvalue weighted by molar-refractivity contribution is 0.967. The first-order valence-electron chi connectivity index (χ1n) is 4.67. The van der Waals surface area contributed by atoms with E-state index in [2.05, 4.69) is 16.5 Å². The molecule has 3 rings (SSSR count). The predicted octanol–water partition coefficient (Wildman–Crippen LogP) is 2.97. The van der Waals surface area contributed by atoms with Crippen molar-refractivity contribution in [2.24, 2.45) is 0 Å². The lowest BCUT2D eigenvalue weighted by Gasteiger charge is -2.01. The smallest absolute Gasteiger partial charge is 0.203 e. The molecule has 0 saturated carbocycles. The molecule has 74 valence electrons. The number of nitrogens with zero attached hydrogens (tertiary/aromatic N) is 2. The maximum Gasteiger partial charge on any atom is 0.203 e. The molecular formula is C11H9N3S. The van der Waals surface area contributed by atoms with E-state index in [-0.39, 0.29) is 0 Å². The lowest BCUT2D eigenvalue weighted by atomic mass is 10.3.